The van der Waals surface area contributed by atoms with Crippen LogP contribution in [0, 0.1) is 6.92 Å². The van der Waals surface area contributed by atoms with E-state index in [-0.39, 0.29) is 5.78 Å². The van der Waals surface area contributed by atoms with Crippen LogP contribution in [-0.2, 0) is 7.05 Å². The molecular formula is C11H11N3O. The van der Waals surface area contributed by atoms with Gasteiger partial charge in [0.2, 0.25) is 5.78 Å². The predicted molar refractivity (Wildman–Crippen MR) is 55.6 cm³/mol. The minimum Gasteiger partial charge on any atom is -0.285 e. The molecule has 0 saturated heterocycles. The van der Waals surface area contributed by atoms with Crippen LogP contribution >= 0.6 is 0 Å². The molecule has 0 N–H and O–H groups in total. The second-order valence-electron chi connectivity index (χ2n) is 3.39. The number of pyridine rings is 1. The third-order valence-electron chi connectivity index (χ3n) is 2.20. The third kappa shape index (κ3) is 1.79. The number of aryl methyl sites for hydroxylation is 2. The Morgan fingerprint density at radius 3 is 2.73 bits per heavy atom. The van der Waals surface area contributed by atoms with Crippen molar-refractivity contribution >= 4 is 5.78 Å². The summed E-state index contributed by atoms with van der Waals surface area (Å²) in [6.45, 7) is 1.93. The largest absolute Gasteiger partial charge is 0.285 e. The van der Waals surface area contributed by atoms with Crippen LogP contribution in [0.25, 0.3) is 0 Å². The van der Waals surface area contributed by atoms with Crippen LogP contribution in [0.15, 0.2) is 30.6 Å². The highest BCUT2D eigenvalue weighted by atomic mass is 16.1. The summed E-state index contributed by atoms with van der Waals surface area (Å²) >= 11 is 0. The van der Waals surface area contributed by atoms with Crippen LogP contribution in [0.4, 0.5) is 0 Å². The Morgan fingerprint density at radius 1 is 1.33 bits per heavy atom. The SMILES string of the molecule is Cc1ccnc(C(=O)c2ccnn2C)c1. The molecule has 2 aromatic rings. The van der Waals surface area contributed by atoms with Gasteiger partial charge >= 0.3 is 0 Å². The molecule has 0 atom stereocenters. The van der Waals surface area contributed by atoms with Gasteiger partial charge in [-0.2, -0.15) is 5.10 Å². The van der Waals surface area contributed by atoms with Gasteiger partial charge in [-0.3, -0.25) is 14.5 Å². The van der Waals surface area contributed by atoms with Crippen molar-refractivity contribution in [3.63, 3.8) is 0 Å². The molecule has 0 spiro atoms. The van der Waals surface area contributed by atoms with Crippen molar-refractivity contribution < 1.29 is 4.79 Å². The van der Waals surface area contributed by atoms with Crippen molar-refractivity contribution in [1.29, 1.82) is 0 Å². The van der Waals surface area contributed by atoms with Gasteiger partial charge in [0.25, 0.3) is 0 Å². The summed E-state index contributed by atoms with van der Waals surface area (Å²) in [4.78, 5) is 16.0. The lowest BCUT2D eigenvalue weighted by Crippen LogP contribution is -2.09. The van der Waals surface area contributed by atoms with E-state index in [1.165, 1.54) is 0 Å². The van der Waals surface area contributed by atoms with E-state index in [4.69, 9.17) is 0 Å². The zero-order valence-electron chi connectivity index (χ0n) is 8.64. The Labute approximate surface area is 87.6 Å². The van der Waals surface area contributed by atoms with E-state index in [9.17, 15) is 4.79 Å². The minimum absolute atomic E-state index is 0.0984. The molecule has 4 heteroatoms. The monoisotopic (exact) mass is 201 g/mol. The first-order valence-electron chi connectivity index (χ1n) is 4.64. The summed E-state index contributed by atoms with van der Waals surface area (Å²) in [5.41, 5.74) is 2.03. The highest BCUT2D eigenvalue weighted by Crippen LogP contribution is 2.07. The molecule has 0 aliphatic heterocycles. The number of carbonyl (C=O) groups excluding carboxylic acids is 1. The normalized spacial score (nSPS) is 10.3. The van der Waals surface area contributed by atoms with Gasteiger partial charge in [0.05, 0.1) is 0 Å². The summed E-state index contributed by atoms with van der Waals surface area (Å²) in [6.07, 6.45) is 3.24. The quantitative estimate of drug-likeness (QED) is 0.689. The van der Waals surface area contributed by atoms with Crippen molar-refractivity contribution in [2.24, 2.45) is 7.05 Å². The number of carbonyl (C=O) groups is 1. The van der Waals surface area contributed by atoms with Gasteiger partial charge in [-0.1, -0.05) is 0 Å². The second-order valence-corrected chi connectivity index (χ2v) is 3.39. The van der Waals surface area contributed by atoms with Crippen LogP contribution < -0.4 is 0 Å². The van der Waals surface area contributed by atoms with E-state index in [1.807, 2.05) is 13.0 Å². The summed E-state index contributed by atoms with van der Waals surface area (Å²) in [5, 5.41) is 3.95. The molecule has 0 saturated carbocycles. The molecular weight excluding hydrogens is 190 g/mol. The predicted octanol–water partition coefficient (Wildman–Crippen LogP) is 1.35. The molecule has 76 valence electrons. The summed E-state index contributed by atoms with van der Waals surface area (Å²) < 4.78 is 1.55. The molecule has 15 heavy (non-hydrogen) atoms. The topological polar surface area (TPSA) is 47.8 Å². The maximum absolute atomic E-state index is 12.0. The Kier molecular flexibility index (Phi) is 2.33. The number of rotatable bonds is 2. The van der Waals surface area contributed by atoms with Crippen LogP contribution in [0.1, 0.15) is 21.7 Å². The zero-order valence-corrected chi connectivity index (χ0v) is 8.64. The first-order valence-corrected chi connectivity index (χ1v) is 4.64. The fourth-order valence-corrected chi connectivity index (χ4v) is 1.39. The first-order chi connectivity index (χ1) is 7.18. The lowest BCUT2D eigenvalue weighted by Gasteiger charge is -2.01. The van der Waals surface area contributed by atoms with Crippen molar-refractivity contribution in [2.45, 2.75) is 6.92 Å². The molecule has 0 radical (unpaired) electrons. The maximum atomic E-state index is 12.0. The fraction of sp³-hybridized carbons (Fsp3) is 0.182. The second kappa shape index (κ2) is 3.65. The molecule has 0 amide bonds. The number of nitrogens with zero attached hydrogens (tertiary/aromatic N) is 3. The Hall–Kier alpha value is -1.97. The van der Waals surface area contributed by atoms with E-state index in [1.54, 1.807) is 36.3 Å². The Balaban J connectivity index is 2.41. The Bertz CT molecular complexity index is 502. The Morgan fingerprint density at radius 2 is 2.13 bits per heavy atom. The molecule has 4 nitrogen and oxygen atoms in total. The summed E-state index contributed by atoms with van der Waals surface area (Å²) in [5.74, 6) is -0.0984. The minimum atomic E-state index is -0.0984. The van der Waals surface area contributed by atoms with Crippen LogP contribution in [0.3, 0.4) is 0 Å². The molecule has 2 rings (SSSR count). The first kappa shape index (κ1) is 9.58. The van der Waals surface area contributed by atoms with Gasteiger partial charge in [0.15, 0.2) is 0 Å². The number of hydrogen-bond acceptors (Lipinski definition) is 3. The lowest BCUT2D eigenvalue weighted by molar-refractivity contribution is 0.102. The molecule has 0 aliphatic rings. The fourth-order valence-electron chi connectivity index (χ4n) is 1.39. The maximum Gasteiger partial charge on any atom is 0.229 e. The van der Waals surface area contributed by atoms with E-state index in [0.29, 0.717) is 11.4 Å². The van der Waals surface area contributed by atoms with Gasteiger partial charge in [-0.15, -0.1) is 0 Å². The lowest BCUT2D eigenvalue weighted by atomic mass is 10.1. The van der Waals surface area contributed by atoms with Gasteiger partial charge in [-0.05, 0) is 30.7 Å². The van der Waals surface area contributed by atoms with Crippen LogP contribution in [-0.4, -0.2) is 20.5 Å². The molecule has 0 aromatic carbocycles. The molecule has 0 aliphatic carbocycles. The van der Waals surface area contributed by atoms with Gasteiger partial charge in [0.1, 0.15) is 11.4 Å². The number of aromatic nitrogens is 3. The van der Waals surface area contributed by atoms with E-state index < -0.39 is 0 Å². The molecule has 0 fully saturated rings. The zero-order chi connectivity index (χ0) is 10.8. The molecule has 0 bridgehead atoms. The molecule has 0 unspecified atom stereocenters. The van der Waals surface area contributed by atoms with Crippen molar-refractivity contribution in [3.05, 3.63) is 47.5 Å². The molecule has 2 heterocycles. The van der Waals surface area contributed by atoms with Crippen molar-refractivity contribution in [2.75, 3.05) is 0 Å². The van der Waals surface area contributed by atoms with E-state index >= 15 is 0 Å². The average molecular weight is 201 g/mol. The van der Waals surface area contributed by atoms with Gasteiger partial charge in [-0.25, -0.2) is 0 Å². The highest BCUT2D eigenvalue weighted by molar-refractivity contribution is 6.06. The standard InChI is InChI=1S/C11H11N3O/c1-8-3-5-12-9(7-8)11(15)10-4-6-13-14(10)2/h3-7H,1-2H3. The van der Waals surface area contributed by atoms with Crippen molar-refractivity contribution in [3.8, 4) is 0 Å². The summed E-state index contributed by atoms with van der Waals surface area (Å²) in [6, 6.07) is 5.32. The number of hydrogen-bond donors (Lipinski definition) is 0. The smallest absolute Gasteiger partial charge is 0.229 e. The summed E-state index contributed by atoms with van der Waals surface area (Å²) in [7, 11) is 1.74. The molecule has 2 aromatic heterocycles. The highest BCUT2D eigenvalue weighted by Gasteiger charge is 2.13. The van der Waals surface area contributed by atoms with Crippen molar-refractivity contribution in [1.82, 2.24) is 14.8 Å². The van der Waals surface area contributed by atoms with Crippen LogP contribution in [0.2, 0.25) is 0 Å². The van der Waals surface area contributed by atoms with Gasteiger partial charge < -0.3 is 0 Å². The third-order valence-corrected chi connectivity index (χ3v) is 2.20. The van der Waals surface area contributed by atoms with E-state index in [0.717, 1.165) is 5.56 Å². The average Bonchev–Trinajstić information content (AvgIpc) is 2.63. The number of ketones is 1. The van der Waals surface area contributed by atoms with E-state index in [2.05, 4.69) is 10.1 Å². The van der Waals surface area contributed by atoms with Crippen LogP contribution in [0.5, 0.6) is 0 Å². The van der Waals surface area contributed by atoms with Gasteiger partial charge in [0, 0.05) is 19.4 Å².